The predicted molar refractivity (Wildman–Crippen MR) is 201 cm³/mol. The maximum absolute atomic E-state index is 12.6. The first-order chi connectivity index (χ1) is 23.8. The Hall–Kier alpha value is -0.800. The lowest BCUT2D eigenvalue weighted by Crippen LogP contribution is -2.29. The van der Waals surface area contributed by atoms with E-state index in [-0.39, 0.29) is 25.6 Å². The molecule has 3 atom stereocenters. The topological polar surface area (TPSA) is 132 Å². The van der Waals surface area contributed by atoms with Crippen LogP contribution in [-0.2, 0) is 27.9 Å². The van der Waals surface area contributed by atoms with Gasteiger partial charge < -0.3 is 24.6 Å². The van der Waals surface area contributed by atoms with Crippen LogP contribution in [0.5, 0.6) is 0 Å². The molecule has 0 saturated heterocycles. The molecule has 10 heteroatoms. The van der Waals surface area contributed by atoms with Gasteiger partial charge in [-0.25, -0.2) is 4.57 Å². The number of hydrogen-bond donors (Lipinski definition) is 3. The first kappa shape index (κ1) is 48.2. The summed E-state index contributed by atoms with van der Waals surface area (Å²) in [6.07, 6.45) is 34.5. The van der Waals surface area contributed by atoms with Gasteiger partial charge in [0.15, 0.2) is 0 Å². The van der Waals surface area contributed by atoms with Crippen LogP contribution < -0.4 is 0 Å². The molecule has 0 aliphatic rings. The van der Waals surface area contributed by atoms with Gasteiger partial charge in [-0.15, -0.1) is 0 Å². The Labute approximate surface area is 300 Å². The standard InChI is InChI=1S/C39H77O9P/c1-3-5-7-9-11-13-15-17-19-21-23-25-27-29-31-39(42)48-38(36-47-49(43,44)46-34-37(41)33-40)35-45-32-30-28-26-24-22-20-18-16-14-12-10-8-6-4-2/h15,17,37-38,40-41H,3-14,16,18-36H2,1-2H3,(H,43,44)/b17-15-. The second kappa shape index (κ2) is 37.0. The van der Waals surface area contributed by atoms with Crippen molar-refractivity contribution in [1.82, 2.24) is 0 Å². The monoisotopic (exact) mass is 721 g/mol. The van der Waals surface area contributed by atoms with Crippen LogP contribution in [0.3, 0.4) is 0 Å². The number of aliphatic hydroxyl groups is 2. The van der Waals surface area contributed by atoms with Gasteiger partial charge in [-0.05, 0) is 38.5 Å². The van der Waals surface area contributed by atoms with Crippen LogP contribution in [-0.4, -0.2) is 66.3 Å². The Morgan fingerprint density at radius 2 is 1.04 bits per heavy atom. The molecule has 0 aromatic rings. The van der Waals surface area contributed by atoms with Crippen molar-refractivity contribution in [3.05, 3.63) is 12.2 Å². The van der Waals surface area contributed by atoms with E-state index in [2.05, 4.69) is 26.0 Å². The molecule has 3 N–H and O–H groups in total. The zero-order valence-electron chi connectivity index (χ0n) is 31.7. The van der Waals surface area contributed by atoms with Gasteiger partial charge in [-0.2, -0.15) is 0 Å². The molecule has 0 radical (unpaired) electrons. The highest BCUT2D eigenvalue weighted by Crippen LogP contribution is 2.43. The molecule has 0 aromatic heterocycles. The molecular weight excluding hydrogens is 643 g/mol. The number of esters is 1. The summed E-state index contributed by atoms with van der Waals surface area (Å²) >= 11 is 0. The molecule has 0 rings (SSSR count). The molecule has 0 heterocycles. The van der Waals surface area contributed by atoms with Gasteiger partial charge in [0.2, 0.25) is 0 Å². The number of ether oxygens (including phenoxy) is 2. The third-order valence-corrected chi connectivity index (χ3v) is 9.65. The average molecular weight is 721 g/mol. The zero-order chi connectivity index (χ0) is 36.1. The molecule has 0 bridgehead atoms. The van der Waals surface area contributed by atoms with Gasteiger partial charge >= 0.3 is 13.8 Å². The van der Waals surface area contributed by atoms with Crippen molar-refractivity contribution in [1.29, 1.82) is 0 Å². The van der Waals surface area contributed by atoms with Crippen LogP contribution in [0.2, 0.25) is 0 Å². The fourth-order valence-electron chi connectivity index (χ4n) is 5.59. The van der Waals surface area contributed by atoms with Crippen LogP contribution in [0, 0.1) is 0 Å². The predicted octanol–water partition coefficient (Wildman–Crippen LogP) is 10.5. The highest BCUT2D eigenvalue weighted by molar-refractivity contribution is 7.47. The molecule has 0 aliphatic carbocycles. The van der Waals surface area contributed by atoms with Crippen molar-refractivity contribution in [2.45, 2.75) is 199 Å². The van der Waals surface area contributed by atoms with Crippen molar-refractivity contribution in [3.63, 3.8) is 0 Å². The highest BCUT2D eigenvalue weighted by Gasteiger charge is 2.26. The number of carbonyl (C=O) groups is 1. The number of rotatable bonds is 39. The van der Waals surface area contributed by atoms with Gasteiger partial charge in [-0.3, -0.25) is 13.8 Å². The SMILES string of the molecule is CCCCCCC/C=C\CCCCCCCC(=O)OC(COCCCCCCCCCCCCCCCC)COP(=O)(O)OCC(O)CO. The average Bonchev–Trinajstić information content (AvgIpc) is 3.09. The summed E-state index contributed by atoms with van der Waals surface area (Å²) in [5.41, 5.74) is 0. The lowest BCUT2D eigenvalue weighted by Gasteiger charge is -2.20. The fourth-order valence-corrected chi connectivity index (χ4v) is 6.37. The molecule has 0 fully saturated rings. The van der Waals surface area contributed by atoms with Gasteiger partial charge in [-0.1, -0.05) is 154 Å². The first-order valence-corrected chi connectivity index (χ1v) is 21.7. The Morgan fingerprint density at radius 1 is 0.612 bits per heavy atom. The van der Waals surface area contributed by atoms with Crippen molar-refractivity contribution in [2.75, 3.05) is 33.0 Å². The molecule has 0 aliphatic heterocycles. The molecule has 0 spiro atoms. The van der Waals surface area contributed by atoms with E-state index in [1.54, 1.807) is 0 Å². The summed E-state index contributed by atoms with van der Waals surface area (Å²) in [7, 11) is -4.51. The van der Waals surface area contributed by atoms with E-state index in [9.17, 15) is 19.4 Å². The van der Waals surface area contributed by atoms with Crippen molar-refractivity contribution >= 4 is 13.8 Å². The van der Waals surface area contributed by atoms with Crippen molar-refractivity contribution in [3.8, 4) is 0 Å². The molecule has 49 heavy (non-hydrogen) atoms. The molecule has 0 saturated carbocycles. The van der Waals surface area contributed by atoms with E-state index in [1.807, 2.05) is 0 Å². The molecule has 292 valence electrons. The Bertz CT molecular complexity index is 780. The number of hydrogen-bond acceptors (Lipinski definition) is 8. The summed E-state index contributed by atoms with van der Waals surface area (Å²) in [6.45, 7) is 3.52. The van der Waals surface area contributed by atoms with E-state index < -0.39 is 33.2 Å². The first-order valence-electron chi connectivity index (χ1n) is 20.2. The number of carbonyl (C=O) groups excluding carboxylic acids is 1. The van der Waals surface area contributed by atoms with Crippen molar-refractivity contribution < 1.29 is 43.0 Å². The molecule has 0 aromatic carbocycles. The fraction of sp³-hybridized carbons (Fsp3) is 0.923. The number of phosphoric acid groups is 1. The van der Waals surface area contributed by atoms with E-state index in [1.165, 1.54) is 116 Å². The number of phosphoric ester groups is 1. The Balaban J connectivity index is 4.20. The second-order valence-corrected chi connectivity index (χ2v) is 15.1. The maximum atomic E-state index is 12.6. The van der Waals surface area contributed by atoms with Gasteiger partial charge in [0.05, 0.1) is 26.4 Å². The minimum Gasteiger partial charge on any atom is -0.457 e. The van der Waals surface area contributed by atoms with Crippen LogP contribution in [0.25, 0.3) is 0 Å². The van der Waals surface area contributed by atoms with E-state index in [0.29, 0.717) is 6.61 Å². The van der Waals surface area contributed by atoms with E-state index in [4.69, 9.17) is 23.6 Å². The van der Waals surface area contributed by atoms with Gasteiger partial charge in [0.25, 0.3) is 0 Å². The minimum absolute atomic E-state index is 0.0513. The minimum atomic E-state index is -4.51. The van der Waals surface area contributed by atoms with E-state index in [0.717, 1.165) is 51.4 Å². The van der Waals surface area contributed by atoms with Gasteiger partial charge in [0.1, 0.15) is 12.2 Å². The summed E-state index contributed by atoms with van der Waals surface area (Å²) in [5, 5.41) is 18.3. The second-order valence-electron chi connectivity index (χ2n) is 13.7. The van der Waals surface area contributed by atoms with Gasteiger partial charge in [0, 0.05) is 13.0 Å². The molecule has 0 amide bonds. The molecule has 3 unspecified atom stereocenters. The normalized spacial score (nSPS) is 14.3. The molecule has 9 nitrogen and oxygen atoms in total. The third-order valence-electron chi connectivity index (χ3n) is 8.70. The Morgan fingerprint density at radius 3 is 1.53 bits per heavy atom. The van der Waals surface area contributed by atoms with E-state index >= 15 is 0 Å². The lowest BCUT2D eigenvalue weighted by atomic mass is 10.0. The summed E-state index contributed by atoms with van der Waals surface area (Å²) in [4.78, 5) is 22.5. The summed E-state index contributed by atoms with van der Waals surface area (Å²) < 4.78 is 33.3. The highest BCUT2D eigenvalue weighted by atomic mass is 31.2. The van der Waals surface area contributed by atoms with Crippen molar-refractivity contribution in [2.24, 2.45) is 0 Å². The van der Waals surface area contributed by atoms with Crippen LogP contribution in [0.4, 0.5) is 0 Å². The van der Waals surface area contributed by atoms with Crippen LogP contribution in [0.1, 0.15) is 187 Å². The van der Waals surface area contributed by atoms with Crippen LogP contribution in [0.15, 0.2) is 12.2 Å². The van der Waals surface area contributed by atoms with Crippen LogP contribution >= 0.6 is 7.82 Å². The smallest absolute Gasteiger partial charge is 0.457 e. The summed E-state index contributed by atoms with van der Waals surface area (Å²) in [5.74, 6) is -0.389. The zero-order valence-corrected chi connectivity index (χ0v) is 32.6. The maximum Gasteiger partial charge on any atom is 0.472 e. The third kappa shape index (κ3) is 36.8. The number of aliphatic hydroxyl groups excluding tert-OH is 2. The largest absolute Gasteiger partial charge is 0.472 e. The number of unbranched alkanes of at least 4 members (excludes halogenated alkanes) is 23. The summed E-state index contributed by atoms with van der Waals surface area (Å²) in [6, 6.07) is 0. The quantitative estimate of drug-likeness (QED) is 0.0246. The number of allylic oxidation sites excluding steroid dienone is 2. The molecular formula is C39H77O9P. The lowest BCUT2D eigenvalue weighted by molar-refractivity contribution is -0.154. The Kier molecular flexibility index (Phi) is 36.4.